The molecule has 1 aromatic carbocycles. The number of aromatic hydroxyl groups is 1. The number of hydrogen-bond acceptors (Lipinski definition) is 7. The van der Waals surface area contributed by atoms with Gasteiger partial charge in [0.2, 0.25) is 0 Å². The summed E-state index contributed by atoms with van der Waals surface area (Å²) in [5.41, 5.74) is 7.18. The molecule has 0 amide bonds. The number of phenols is 1. The maximum Gasteiger partial charge on any atom is 0.155 e. The van der Waals surface area contributed by atoms with Gasteiger partial charge in [0.15, 0.2) is 5.82 Å². The number of nitrogens with two attached hydrogens (primary N) is 1. The molecule has 8 heteroatoms. The Morgan fingerprint density at radius 1 is 1.40 bits per heavy atom. The first kappa shape index (κ1) is 16.6. The van der Waals surface area contributed by atoms with E-state index in [0.29, 0.717) is 18.9 Å². The number of anilines is 2. The van der Waals surface area contributed by atoms with Crippen molar-refractivity contribution < 1.29 is 5.11 Å². The van der Waals surface area contributed by atoms with Gasteiger partial charge in [-0.1, -0.05) is 24.8 Å². The lowest BCUT2D eigenvalue weighted by Gasteiger charge is -2.27. The van der Waals surface area contributed by atoms with Crippen molar-refractivity contribution in [3.63, 3.8) is 0 Å². The molecule has 1 aromatic heterocycles. The predicted octanol–water partition coefficient (Wildman–Crippen LogP) is 1.20. The van der Waals surface area contributed by atoms with Crippen molar-refractivity contribution in [1.82, 2.24) is 20.4 Å². The molecule has 0 spiro atoms. The van der Waals surface area contributed by atoms with Gasteiger partial charge < -0.3 is 32.1 Å². The highest BCUT2D eigenvalue weighted by Gasteiger charge is 2.24. The fourth-order valence-electron chi connectivity index (χ4n) is 2.74. The lowest BCUT2D eigenvalue weighted by molar-refractivity contribution is 0.466. The van der Waals surface area contributed by atoms with E-state index in [2.05, 4.69) is 32.9 Å². The summed E-state index contributed by atoms with van der Waals surface area (Å²) in [5, 5.41) is 27.4. The zero-order chi connectivity index (χ0) is 17.8. The molecule has 0 saturated heterocycles. The highest BCUT2D eigenvalue weighted by Crippen LogP contribution is 2.36. The average Bonchev–Trinajstić information content (AvgIpc) is 3.02. The summed E-state index contributed by atoms with van der Waals surface area (Å²) < 4.78 is 1.79. The van der Waals surface area contributed by atoms with Crippen molar-refractivity contribution in [2.24, 2.45) is 5.73 Å². The van der Waals surface area contributed by atoms with E-state index in [1.807, 2.05) is 25.3 Å². The first-order chi connectivity index (χ1) is 12.1. The Kier molecular flexibility index (Phi) is 4.69. The topological polar surface area (TPSA) is 112 Å². The Morgan fingerprint density at radius 2 is 2.20 bits per heavy atom. The van der Waals surface area contributed by atoms with Gasteiger partial charge in [-0.05, 0) is 12.1 Å². The van der Waals surface area contributed by atoms with Crippen LogP contribution in [0.25, 0.3) is 5.82 Å². The highest BCUT2D eigenvalue weighted by molar-refractivity contribution is 5.72. The van der Waals surface area contributed by atoms with E-state index >= 15 is 0 Å². The third-order valence-corrected chi connectivity index (χ3v) is 3.94. The van der Waals surface area contributed by atoms with Crippen LogP contribution < -0.4 is 27.0 Å². The van der Waals surface area contributed by atoms with Crippen molar-refractivity contribution >= 4 is 17.3 Å². The summed E-state index contributed by atoms with van der Waals surface area (Å²) in [7, 11) is 1.84. The fraction of sp³-hybridized carbons (Fsp3) is 0.235. The maximum absolute atomic E-state index is 10.2. The number of nitrogens with one attached hydrogen (secondary N) is 4. The van der Waals surface area contributed by atoms with Crippen LogP contribution in [0.1, 0.15) is 11.6 Å². The Balaban J connectivity index is 1.87. The predicted molar refractivity (Wildman–Crippen MR) is 99.9 cm³/mol. The zero-order valence-corrected chi connectivity index (χ0v) is 14.1. The van der Waals surface area contributed by atoms with Crippen molar-refractivity contribution in [1.29, 1.82) is 0 Å². The maximum atomic E-state index is 10.2. The molecule has 8 nitrogen and oxygen atoms in total. The van der Waals surface area contributed by atoms with E-state index in [1.165, 1.54) is 0 Å². The standard InChI is InChI=1S/C17H23N7O/c1-11(18)20-7-8-21-16-9-13(12-5-3-4-6-15(12)25)23-17-14(19-2)10-22-24(16)17/h3-6,9-10,13,19-21,23,25H,1,7-8,18H2,2H3. The number of aromatic nitrogens is 2. The zero-order valence-electron chi connectivity index (χ0n) is 14.1. The van der Waals surface area contributed by atoms with Gasteiger partial charge in [0, 0.05) is 25.7 Å². The smallest absolute Gasteiger partial charge is 0.155 e. The third-order valence-electron chi connectivity index (χ3n) is 3.94. The molecular weight excluding hydrogens is 318 g/mol. The summed E-state index contributed by atoms with van der Waals surface area (Å²) in [6.45, 7) is 4.89. The number of hydrogen-bond donors (Lipinski definition) is 6. The van der Waals surface area contributed by atoms with E-state index in [1.54, 1.807) is 23.0 Å². The normalized spacial score (nSPS) is 15.6. The van der Waals surface area contributed by atoms with Crippen LogP contribution in [0.5, 0.6) is 5.75 Å². The van der Waals surface area contributed by atoms with Gasteiger partial charge in [-0.2, -0.15) is 9.78 Å². The van der Waals surface area contributed by atoms with Crippen LogP contribution in [0.15, 0.2) is 48.9 Å². The minimum Gasteiger partial charge on any atom is -0.508 e. The molecule has 1 aliphatic heterocycles. The monoisotopic (exact) mass is 341 g/mol. The molecule has 0 bridgehead atoms. The molecule has 1 atom stereocenters. The SMILES string of the molecule is C=C(N)NCCNC1=CC(c2ccccc2O)Nc2c(NC)cnn21. The van der Waals surface area contributed by atoms with Gasteiger partial charge in [0.25, 0.3) is 0 Å². The van der Waals surface area contributed by atoms with Gasteiger partial charge >= 0.3 is 0 Å². The van der Waals surface area contributed by atoms with E-state index in [4.69, 9.17) is 5.73 Å². The van der Waals surface area contributed by atoms with Gasteiger partial charge in [0.05, 0.1) is 23.7 Å². The van der Waals surface area contributed by atoms with Crippen LogP contribution >= 0.6 is 0 Å². The molecule has 2 aromatic rings. The molecule has 0 fully saturated rings. The molecule has 0 saturated carbocycles. The van der Waals surface area contributed by atoms with Crippen LogP contribution in [0.3, 0.4) is 0 Å². The molecule has 132 valence electrons. The van der Waals surface area contributed by atoms with Crippen molar-refractivity contribution in [3.05, 3.63) is 54.5 Å². The summed E-state index contributed by atoms with van der Waals surface area (Å²) >= 11 is 0. The lowest BCUT2D eigenvalue weighted by Crippen LogP contribution is -2.32. The largest absolute Gasteiger partial charge is 0.508 e. The summed E-state index contributed by atoms with van der Waals surface area (Å²) in [6.07, 6.45) is 3.75. The minimum atomic E-state index is -0.183. The lowest BCUT2D eigenvalue weighted by atomic mass is 10.0. The molecule has 0 aliphatic carbocycles. The van der Waals surface area contributed by atoms with Gasteiger partial charge in [-0.3, -0.25) is 0 Å². The van der Waals surface area contributed by atoms with E-state index < -0.39 is 0 Å². The van der Waals surface area contributed by atoms with Crippen LogP contribution in [0.2, 0.25) is 0 Å². The van der Waals surface area contributed by atoms with Crippen molar-refractivity contribution in [3.8, 4) is 5.75 Å². The third kappa shape index (κ3) is 3.47. The first-order valence-electron chi connectivity index (χ1n) is 8.04. The minimum absolute atomic E-state index is 0.183. The molecular formula is C17H23N7O. The summed E-state index contributed by atoms with van der Waals surface area (Å²) in [4.78, 5) is 0. The molecule has 1 aliphatic rings. The van der Waals surface area contributed by atoms with Gasteiger partial charge in [-0.15, -0.1) is 0 Å². The van der Waals surface area contributed by atoms with Crippen LogP contribution in [0, 0.1) is 0 Å². The molecule has 3 rings (SSSR count). The second kappa shape index (κ2) is 7.08. The second-order valence-corrected chi connectivity index (χ2v) is 5.68. The van der Waals surface area contributed by atoms with Gasteiger partial charge in [-0.25, -0.2) is 0 Å². The van der Waals surface area contributed by atoms with Crippen LogP contribution in [0.4, 0.5) is 11.5 Å². The number of para-hydroxylation sites is 1. The average molecular weight is 341 g/mol. The van der Waals surface area contributed by atoms with Crippen LogP contribution in [-0.4, -0.2) is 35.0 Å². The summed E-state index contributed by atoms with van der Waals surface area (Å²) in [6, 6.07) is 7.10. The van der Waals surface area contributed by atoms with E-state index in [9.17, 15) is 5.11 Å². The first-order valence-corrected chi connectivity index (χ1v) is 8.04. The number of fused-ring (bicyclic) bond motifs is 1. The summed E-state index contributed by atoms with van der Waals surface area (Å²) in [5.74, 6) is 2.34. The quantitative estimate of drug-likeness (QED) is 0.420. The molecule has 7 N–H and O–H groups in total. The molecule has 1 unspecified atom stereocenters. The molecule has 25 heavy (non-hydrogen) atoms. The van der Waals surface area contributed by atoms with E-state index in [-0.39, 0.29) is 11.8 Å². The van der Waals surface area contributed by atoms with Crippen LogP contribution in [-0.2, 0) is 0 Å². The Morgan fingerprint density at radius 3 is 2.92 bits per heavy atom. The fourth-order valence-corrected chi connectivity index (χ4v) is 2.74. The second-order valence-electron chi connectivity index (χ2n) is 5.68. The van der Waals surface area contributed by atoms with Gasteiger partial charge in [0.1, 0.15) is 11.6 Å². The number of nitrogens with zero attached hydrogens (tertiary/aromatic N) is 2. The Bertz CT molecular complexity index is 796. The Hall–Kier alpha value is -3.29. The highest BCUT2D eigenvalue weighted by atomic mass is 16.3. The molecule has 0 radical (unpaired) electrons. The number of benzene rings is 1. The van der Waals surface area contributed by atoms with E-state index in [0.717, 1.165) is 22.9 Å². The number of phenolic OH excluding ortho intramolecular Hbond substituents is 1. The molecule has 2 heterocycles. The van der Waals surface area contributed by atoms with Crippen molar-refractivity contribution in [2.75, 3.05) is 30.8 Å². The number of rotatable bonds is 7. The Labute approximate surface area is 146 Å². The van der Waals surface area contributed by atoms with Crippen molar-refractivity contribution in [2.45, 2.75) is 6.04 Å².